The molecule has 1 aliphatic carbocycles. The van der Waals surface area contributed by atoms with Gasteiger partial charge in [-0.2, -0.15) is 0 Å². The highest BCUT2D eigenvalue weighted by molar-refractivity contribution is 6.30. The zero-order valence-electron chi connectivity index (χ0n) is 7.76. The first-order valence-corrected chi connectivity index (χ1v) is 5.03. The van der Waals surface area contributed by atoms with Gasteiger partial charge >= 0.3 is 0 Å². The molecular formula is C11H14ClN. The molecule has 0 aromatic heterocycles. The largest absolute Gasteiger partial charge is 0.321 e. The minimum Gasteiger partial charge on any atom is -0.321 e. The van der Waals surface area contributed by atoms with Crippen molar-refractivity contribution in [2.24, 2.45) is 11.7 Å². The summed E-state index contributed by atoms with van der Waals surface area (Å²) in [4.78, 5) is 0. The Kier molecular flexibility index (Phi) is 2.09. The second-order valence-corrected chi connectivity index (χ2v) is 4.50. The van der Waals surface area contributed by atoms with E-state index in [4.69, 9.17) is 17.3 Å². The van der Waals surface area contributed by atoms with Crippen molar-refractivity contribution in [2.75, 3.05) is 0 Å². The molecule has 13 heavy (non-hydrogen) atoms. The Morgan fingerprint density at radius 1 is 1.31 bits per heavy atom. The molecular weight excluding hydrogens is 182 g/mol. The molecule has 2 N–H and O–H groups in total. The lowest BCUT2D eigenvalue weighted by molar-refractivity contribution is 0.427. The van der Waals surface area contributed by atoms with Crippen molar-refractivity contribution in [2.45, 2.75) is 25.3 Å². The van der Waals surface area contributed by atoms with Crippen LogP contribution in [0.2, 0.25) is 5.02 Å². The fourth-order valence-electron chi connectivity index (χ4n) is 1.73. The second-order valence-electron chi connectivity index (χ2n) is 4.06. The van der Waals surface area contributed by atoms with E-state index in [0.29, 0.717) is 5.92 Å². The van der Waals surface area contributed by atoms with E-state index in [1.54, 1.807) is 0 Å². The Balaban J connectivity index is 2.28. The summed E-state index contributed by atoms with van der Waals surface area (Å²) in [6, 6.07) is 7.87. The molecule has 2 rings (SSSR count). The van der Waals surface area contributed by atoms with Gasteiger partial charge in [0.15, 0.2) is 0 Å². The molecule has 1 saturated carbocycles. The van der Waals surface area contributed by atoms with E-state index in [2.05, 4.69) is 6.92 Å². The third kappa shape index (κ3) is 1.72. The van der Waals surface area contributed by atoms with Crippen LogP contribution in [-0.4, -0.2) is 0 Å². The minimum absolute atomic E-state index is 0.162. The van der Waals surface area contributed by atoms with Gasteiger partial charge in [-0.25, -0.2) is 0 Å². The molecule has 0 aliphatic heterocycles. The highest BCUT2D eigenvalue weighted by Gasteiger charge is 2.39. The number of halogens is 1. The smallest absolute Gasteiger partial charge is 0.0409 e. The quantitative estimate of drug-likeness (QED) is 0.772. The number of hydrogen-bond donors (Lipinski definition) is 1. The summed E-state index contributed by atoms with van der Waals surface area (Å²) in [5.74, 6) is 0.661. The van der Waals surface area contributed by atoms with Crippen LogP contribution in [0, 0.1) is 5.92 Å². The molecule has 0 amide bonds. The summed E-state index contributed by atoms with van der Waals surface area (Å²) < 4.78 is 0. The van der Waals surface area contributed by atoms with Crippen LogP contribution in [-0.2, 0) is 5.54 Å². The fourth-order valence-corrected chi connectivity index (χ4v) is 1.85. The summed E-state index contributed by atoms with van der Waals surface area (Å²) in [7, 11) is 0. The van der Waals surface area contributed by atoms with Crippen LogP contribution in [0.1, 0.15) is 25.3 Å². The number of rotatable bonds is 2. The average Bonchev–Trinajstić information content (AvgIpc) is 2.87. The van der Waals surface area contributed by atoms with Crippen molar-refractivity contribution in [3.05, 3.63) is 34.9 Å². The molecule has 2 heteroatoms. The molecule has 1 atom stereocenters. The predicted octanol–water partition coefficient (Wildman–Crippen LogP) is 2.92. The third-order valence-corrected chi connectivity index (χ3v) is 3.14. The van der Waals surface area contributed by atoms with Gasteiger partial charge in [0.25, 0.3) is 0 Å². The maximum atomic E-state index is 6.25. The zero-order valence-corrected chi connectivity index (χ0v) is 8.51. The van der Waals surface area contributed by atoms with Crippen molar-refractivity contribution < 1.29 is 0 Å². The van der Waals surface area contributed by atoms with E-state index in [1.807, 2.05) is 24.3 Å². The Labute approximate surface area is 83.9 Å². The van der Waals surface area contributed by atoms with Crippen LogP contribution in [0.15, 0.2) is 24.3 Å². The first-order chi connectivity index (χ1) is 6.10. The Bertz CT molecular complexity index is 298. The van der Waals surface area contributed by atoms with Gasteiger partial charge in [-0.05, 0) is 43.4 Å². The van der Waals surface area contributed by atoms with E-state index in [9.17, 15) is 0 Å². The molecule has 0 heterocycles. The normalized spacial score (nSPS) is 21.2. The van der Waals surface area contributed by atoms with Crippen LogP contribution in [0.3, 0.4) is 0 Å². The maximum Gasteiger partial charge on any atom is 0.0409 e. The lowest BCUT2D eigenvalue weighted by Crippen LogP contribution is -2.35. The SMILES string of the molecule is CC(N)(c1ccc(Cl)cc1)C1CC1. The van der Waals surface area contributed by atoms with Crippen LogP contribution in [0.5, 0.6) is 0 Å². The minimum atomic E-state index is -0.162. The highest BCUT2D eigenvalue weighted by Crippen LogP contribution is 2.43. The molecule has 1 fully saturated rings. The fraction of sp³-hybridized carbons (Fsp3) is 0.455. The van der Waals surface area contributed by atoms with E-state index in [-0.39, 0.29) is 5.54 Å². The Hall–Kier alpha value is -0.530. The maximum absolute atomic E-state index is 6.25. The van der Waals surface area contributed by atoms with Crippen molar-refractivity contribution in [1.82, 2.24) is 0 Å². The summed E-state index contributed by atoms with van der Waals surface area (Å²) in [5.41, 5.74) is 7.28. The van der Waals surface area contributed by atoms with Crippen molar-refractivity contribution in [3.63, 3.8) is 0 Å². The van der Waals surface area contributed by atoms with Crippen molar-refractivity contribution in [1.29, 1.82) is 0 Å². The van der Waals surface area contributed by atoms with E-state index >= 15 is 0 Å². The third-order valence-electron chi connectivity index (χ3n) is 2.89. The van der Waals surface area contributed by atoms with Gasteiger partial charge in [-0.3, -0.25) is 0 Å². The molecule has 1 unspecified atom stereocenters. The molecule has 70 valence electrons. The molecule has 1 aliphatic rings. The number of nitrogens with two attached hydrogens (primary N) is 1. The topological polar surface area (TPSA) is 26.0 Å². The molecule has 0 saturated heterocycles. The van der Waals surface area contributed by atoms with E-state index in [1.165, 1.54) is 18.4 Å². The first-order valence-electron chi connectivity index (χ1n) is 4.65. The van der Waals surface area contributed by atoms with Crippen molar-refractivity contribution in [3.8, 4) is 0 Å². The van der Waals surface area contributed by atoms with Crippen LogP contribution < -0.4 is 5.73 Å². The lowest BCUT2D eigenvalue weighted by Gasteiger charge is -2.24. The molecule has 1 aromatic rings. The standard InChI is InChI=1S/C11H14ClN/c1-11(13,8-2-3-8)9-4-6-10(12)7-5-9/h4-8H,2-3,13H2,1H3. The first kappa shape index (κ1) is 9.04. The molecule has 0 spiro atoms. The van der Waals surface area contributed by atoms with Crippen molar-refractivity contribution >= 4 is 11.6 Å². The van der Waals surface area contributed by atoms with Gasteiger partial charge in [0.2, 0.25) is 0 Å². The van der Waals surface area contributed by atoms with Gasteiger partial charge in [-0.15, -0.1) is 0 Å². The summed E-state index contributed by atoms with van der Waals surface area (Å²) in [5, 5.41) is 0.773. The predicted molar refractivity (Wildman–Crippen MR) is 55.7 cm³/mol. The molecule has 0 bridgehead atoms. The van der Waals surface area contributed by atoms with E-state index < -0.39 is 0 Å². The van der Waals surface area contributed by atoms with E-state index in [0.717, 1.165) is 5.02 Å². The number of hydrogen-bond acceptors (Lipinski definition) is 1. The monoisotopic (exact) mass is 195 g/mol. The average molecular weight is 196 g/mol. The lowest BCUT2D eigenvalue weighted by atomic mass is 9.88. The summed E-state index contributed by atoms with van der Waals surface area (Å²) in [6.45, 7) is 2.11. The van der Waals surface area contributed by atoms with Crippen LogP contribution >= 0.6 is 11.6 Å². The molecule has 1 nitrogen and oxygen atoms in total. The summed E-state index contributed by atoms with van der Waals surface area (Å²) >= 11 is 5.82. The highest BCUT2D eigenvalue weighted by atomic mass is 35.5. The van der Waals surface area contributed by atoms with Gasteiger partial charge in [0, 0.05) is 10.6 Å². The van der Waals surface area contributed by atoms with Gasteiger partial charge in [0.05, 0.1) is 0 Å². The Morgan fingerprint density at radius 3 is 2.31 bits per heavy atom. The van der Waals surface area contributed by atoms with Gasteiger partial charge in [-0.1, -0.05) is 23.7 Å². The summed E-state index contributed by atoms with van der Waals surface area (Å²) in [6.07, 6.45) is 2.52. The number of benzene rings is 1. The molecule has 0 radical (unpaired) electrons. The van der Waals surface area contributed by atoms with Crippen LogP contribution in [0.25, 0.3) is 0 Å². The second kappa shape index (κ2) is 3.00. The Morgan fingerprint density at radius 2 is 1.85 bits per heavy atom. The molecule has 1 aromatic carbocycles. The van der Waals surface area contributed by atoms with Gasteiger partial charge < -0.3 is 5.73 Å². The van der Waals surface area contributed by atoms with Crippen LogP contribution in [0.4, 0.5) is 0 Å². The zero-order chi connectivity index (χ0) is 9.47. The van der Waals surface area contributed by atoms with Gasteiger partial charge in [0.1, 0.15) is 0 Å².